The monoisotopic (exact) mass is 328 g/mol. The molecule has 0 saturated carbocycles. The number of aliphatic hydroxyl groups excluding tert-OH is 2. The van der Waals surface area contributed by atoms with E-state index in [9.17, 15) is 15.0 Å². The van der Waals surface area contributed by atoms with Gasteiger partial charge in [0, 0.05) is 37.1 Å². The van der Waals surface area contributed by atoms with Gasteiger partial charge in [-0.15, -0.1) is 0 Å². The first kappa shape index (κ1) is 16.4. The number of piperidine rings is 1. The lowest BCUT2D eigenvalue weighted by atomic mass is 9.95. The van der Waals surface area contributed by atoms with Gasteiger partial charge in [0.2, 0.25) is 5.95 Å². The Balaban J connectivity index is 1.66. The van der Waals surface area contributed by atoms with Gasteiger partial charge in [0.15, 0.2) is 0 Å². The van der Waals surface area contributed by atoms with Crippen LogP contribution in [-0.4, -0.2) is 56.8 Å². The van der Waals surface area contributed by atoms with Crippen molar-refractivity contribution in [2.75, 3.05) is 25.0 Å². The lowest BCUT2D eigenvalue weighted by molar-refractivity contribution is 0.00342. The minimum atomic E-state index is -0.562. The molecule has 1 aliphatic heterocycles. The first-order valence-corrected chi connectivity index (χ1v) is 7.89. The van der Waals surface area contributed by atoms with Gasteiger partial charge < -0.3 is 20.4 Å². The zero-order chi connectivity index (χ0) is 16.9. The van der Waals surface area contributed by atoms with E-state index in [2.05, 4.69) is 15.3 Å². The van der Waals surface area contributed by atoms with Gasteiger partial charge in [-0.05, 0) is 18.6 Å². The fraction of sp³-hybridized carbons (Fsp3) is 0.353. The number of benzene rings is 1. The number of carbonyl (C=O) groups excluding carboxylic acids is 1. The highest BCUT2D eigenvalue weighted by Gasteiger charge is 2.30. The van der Waals surface area contributed by atoms with E-state index in [1.807, 2.05) is 30.3 Å². The van der Waals surface area contributed by atoms with Gasteiger partial charge in [0.25, 0.3) is 5.91 Å². The quantitative estimate of drug-likeness (QED) is 0.775. The fourth-order valence-corrected chi connectivity index (χ4v) is 2.72. The van der Waals surface area contributed by atoms with E-state index in [0.717, 1.165) is 5.69 Å². The topological polar surface area (TPSA) is 98.6 Å². The van der Waals surface area contributed by atoms with Crippen LogP contribution in [0.1, 0.15) is 16.8 Å². The van der Waals surface area contributed by atoms with E-state index in [4.69, 9.17) is 0 Å². The van der Waals surface area contributed by atoms with Crippen LogP contribution in [-0.2, 0) is 0 Å². The highest BCUT2D eigenvalue weighted by Crippen LogP contribution is 2.19. The van der Waals surface area contributed by atoms with Gasteiger partial charge in [-0.25, -0.2) is 9.97 Å². The van der Waals surface area contributed by atoms with Crippen LogP contribution in [0.15, 0.2) is 42.7 Å². The van der Waals surface area contributed by atoms with E-state index in [1.165, 1.54) is 12.4 Å². The summed E-state index contributed by atoms with van der Waals surface area (Å²) in [5.74, 6) is -0.0747. The SMILES string of the molecule is O=C(c1cnc(Nc2ccccc2)nc1)N1CC[C@H](O)[C@H](CO)C1. The maximum Gasteiger partial charge on any atom is 0.257 e. The maximum atomic E-state index is 12.5. The number of anilines is 2. The molecule has 1 aliphatic rings. The van der Waals surface area contributed by atoms with E-state index in [1.54, 1.807) is 4.90 Å². The van der Waals surface area contributed by atoms with Crippen molar-refractivity contribution in [2.45, 2.75) is 12.5 Å². The summed E-state index contributed by atoms with van der Waals surface area (Å²) in [6, 6.07) is 9.53. The van der Waals surface area contributed by atoms with Gasteiger partial charge in [-0.2, -0.15) is 0 Å². The zero-order valence-corrected chi connectivity index (χ0v) is 13.2. The molecule has 7 nitrogen and oxygen atoms in total. The lowest BCUT2D eigenvalue weighted by Crippen LogP contribution is -2.47. The first-order chi connectivity index (χ1) is 11.7. The van der Waals surface area contributed by atoms with Crippen LogP contribution in [0.3, 0.4) is 0 Å². The van der Waals surface area contributed by atoms with Crippen molar-refractivity contribution in [2.24, 2.45) is 5.92 Å². The van der Waals surface area contributed by atoms with Crippen LogP contribution >= 0.6 is 0 Å². The number of rotatable bonds is 4. The van der Waals surface area contributed by atoms with E-state index >= 15 is 0 Å². The zero-order valence-electron chi connectivity index (χ0n) is 13.2. The molecule has 2 aromatic rings. The number of aliphatic hydroxyl groups is 2. The number of carbonyl (C=O) groups is 1. The molecule has 3 N–H and O–H groups in total. The van der Waals surface area contributed by atoms with E-state index in [0.29, 0.717) is 31.0 Å². The number of para-hydroxylation sites is 1. The maximum absolute atomic E-state index is 12.5. The average molecular weight is 328 g/mol. The molecule has 0 bridgehead atoms. The fourth-order valence-electron chi connectivity index (χ4n) is 2.72. The second-order valence-electron chi connectivity index (χ2n) is 5.84. The van der Waals surface area contributed by atoms with Crippen molar-refractivity contribution in [1.29, 1.82) is 0 Å². The number of likely N-dealkylation sites (tertiary alicyclic amines) is 1. The number of nitrogens with one attached hydrogen (secondary N) is 1. The number of hydrogen-bond acceptors (Lipinski definition) is 6. The lowest BCUT2D eigenvalue weighted by Gasteiger charge is -2.35. The average Bonchev–Trinajstić information content (AvgIpc) is 2.63. The molecule has 3 rings (SSSR count). The summed E-state index contributed by atoms with van der Waals surface area (Å²) in [6.07, 6.45) is 2.87. The van der Waals surface area contributed by atoms with E-state index < -0.39 is 6.10 Å². The summed E-state index contributed by atoms with van der Waals surface area (Å²) < 4.78 is 0. The molecule has 7 heteroatoms. The third-order valence-corrected chi connectivity index (χ3v) is 4.14. The van der Waals surface area contributed by atoms with Crippen molar-refractivity contribution in [3.8, 4) is 0 Å². The summed E-state index contributed by atoms with van der Waals surface area (Å²) in [4.78, 5) is 22.5. The summed E-state index contributed by atoms with van der Waals surface area (Å²) in [7, 11) is 0. The molecule has 2 atom stereocenters. The Hall–Kier alpha value is -2.51. The number of amides is 1. The van der Waals surface area contributed by atoms with Gasteiger partial charge in [0.1, 0.15) is 0 Å². The second kappa shape index (κ2) is 7.37. The van der Waals surface area contributed by atoms with Gasteiger partial charge in [-0.1, -0.05) is 18.2 Å². The molecule has 0 spiro atoms. The molecule has 1 saturated heterocycles. The molecular weight excluding hydrogens is 308 g/mol. The van der Waals surface area contributed by atoms with Crippen molar-refractivity contribution in [3.05, 3.63) is 48.3 Å². The number of aromatic nitrogens is 2. The minimum Gasteiger partial charge on any atom is -0.396 e. The van der Waals surface area contributed by atoms with Crippen LogP contribution in [0.2, 0.25) is 0 Å². The van der Waals surface area contributed by atoms with Crippen molar-refractivity contribution in [1.82, 2.24) is 14.9 Å². The number of hydrogen-bond donors (Lipinski definition) is 3. The highest BCUT2D eigenvalue weighted by molar-refractivity contribution is 5.93. The van der Waals surface area contributed by atoms with Crippen molar-refractivity contribution < 1.29 is 15.0 Å². The molecule has 0 unspecified atom stereocenters. The molecular formula is C17H20N4O3. The largest absolute Gasteiger partial charge is 0.396 e. The third kappa shape index (κ3) is 3.69. The third-order valence-electron chi connectivity index (χ3n) is 4.14. The summed E-state index contributed by atoms with van der Waals surface area (Å²) in [5, 5.41) is 22.1. The molecule has 24 heavy (non-hydrogen) atoms. The van der Waals surface area contributed by atoms with Crippen LogP contribution in [0.5, 0.6) is 0 Å². The summed E-state index contributed by atoms with van der Waals surface area (Å²) in [6.45, 7) is 0.655. The van der Waals surface area contributed by atoms with Crippen molar-refractivity contribution >= 4 is 17.5 Å². The molecule has 2 heterocycles. The Morgan fingerprint density at radius 3 is 2.62 bits per heavy atom. The van der Waals surface area contributed by atoms with Gasteiger partial charge in [0.05, 0.1) is 18.3 Å². The molecule has 1 fully saturated rings. The Kier molecular flexibility index (Phi) is 5.02. The van der Waals surface area contributed by atoms with E-state index in [-0.39, 0.29) is 18.4 Å². The van der Waals surface area contributed by atoms with Gasteiger partial charge >= 0.3 is 0 Å². The van der Waals surface area contributed by atoms with Crippen molar-refractivity contribution in [3.63, 3.8) is 0 Å². The minimum absolute atomic E-state index is 0.138. The standard InChI is InChI=1S/C17H20N4O3/c22-11-13-10-21(7-6-15(13)23)16(24)12-8-18-17(19-9-12)20-14-4-2-1-3-5-14/h1-5,8-9,13,15,22-23H,6-7,10-11H2,(H,18,19,20)/t13-,15-/m0/s1. The Morgan fingerprint density at radius 2 is 1.96 bits per heavy atom. The molecule has 0 aliphatic carbocycles. The van der Waals surface area contributed by atoms with Crippen LogP contribution < -0.4 is 5.32 Å². The van der Waals surface area contributed by atoms with Crippen LogP contribution in [0, 0.1) is 5.92 Å². The predicted molar refractivity (Wildman–Crippen MR) is 88.9 cm³/mol. The molecule has 126 valence electrons. The molecule has 0 radical (unpaired) electrons. The second-order valence-corrected chi connectivity index (χ2v) is 5.84. The number of nitrogens with zero attached hydrogens (tertiary/aromatic N) is 3. The molecule has 1 amide bonds. The van der Waals surface area contributed by atoms with Crippen LogP contribution in [0.25, 0.3) is 0 Å². The Labute approximate surface area is 140 Å². The highest BCUT2D eigenvalue weighted by atomic mass is 16.3. The smallest absolute Gasteiger partial charge is 0.257 e. The Morgan fingerprint density at radius 1 is 1.25 bits per heavy atom. The van der Waals surface area contributed by atoms with Crippen LogP contribution in [0.4, 0.5) is 11.6 Å². The summed E-state index contributed by atoms with van der Waals surface area (Å²) >= 11 is 0. The molecule has 1 aromatic carbocycles. The molecule has 1 aromatic heterocycles. The normalized spacial score (nSPS) is 20.7. The van der Waals surface area contributed by atoms with Gasteiger partial charge in [-0.3, -0.25) is 4.79 Å². The summed E-state index contributed by atoms with van der Waals surface area (Å²) in [5.41, 5.74) is 1.26. The Bertz CT molecular complexity index is 678. The first-order valence-electron chi connectivity index (χ1n) is 7.89. The predicted octanol–water partition coefficient (Wildman–Crippen LogP) is 1.04.